The van der Waals surface area contributed by atoms with Gasteiger partial charge in [-0.15, -0.1) is 15.7 Å². The molecule has 1 atom stereocenters. The maximum atomic E-state index is 14.7. The van der Waals surface area contributed by atoms with Crippen molar-refractivity contribution in [2.24, 2.45) is 0 Å². The second-order valence-electron chi connectivity index (χ2n) is 9.36. The van der Waals surface area contributed by atoms with Crippen molar-refractivity contribution in [2.45, 2.75) is 38.4 Å². The molecular formula is C27H26FN4O4P. The van der Waals surface area contributed by atoms with Gasteiger partial charge >= 0.3 is 6.01 Å². The topological polar surface area (TPSA) is 110 Å². The Labute approximate surface area is 215 Å². The van der Waals surface area contributed by atoms with E-state index < -0.39 is 11.4 Å². The number of terminal acetylenes is 1. The summed E-state index contributed by atoms with van der Waals surface area (Å²) in [5, 5.41) is 26.1. The molecule has 190 valence electrons. The van der Waals surface area contributed by atoms with Crippen LogP contribution in [0.1, 0.15) is 32.3 Å². The zero-order chi connectivity index (χ0) is 26.5. The van der Waals surface area contributed by atoms with Crippen LogP contribution in [0.5, 0.6) is 17.6 Å². The van der Waals surface area contributed by atoms with Crippen molar-refractivity contribution in [1.29, 1.82) is 0 Å². The molecule has 5 rings (SSSR count). The molecule has 0 bridgehead atoms. The van der Waals surface area contributed by atoms with Gasteiger partial charge in [-0.25, -0.2) is 9.37 Å². The highest BCUT2D eigenvalue weighted by atomic mass is 31.0. The predicted octanol–water partition coefficient (Wildman–Crippen LogP) is 3.90. The van der Waals surface area contributed by atoms with E-state index in [4.69, 9.17) is 20.9 Å². The van der Waals surface area contributed by atoms with Crippen molar-refractivity contribution < 1.29 is 24.1 Å². The third-order valence-electron chi connectivity index (χ3n) is 6.22. The molecule has 1 fully saturated rings. The highest BCUT2D eigenvalue weighted by Crippen LogP contribution is 2.40. The summed E-state index contributed by atoms with van der Waals surface area (Å²) < 4.78 is 26.2. The van der Waals surface area contributed by atoms with Crippen LogP contribution in [0, 0.1) is 18.2 Å². The Balaban J connectivity index is 1.85. The number of benzene rings is 2. The smallest absolute Gasteiger partial charge is 0.318 e. The van der Waals surface area contributed by atoms with Gasteiger partial charge in [0, 0.05) is 22.8 Å². The van der Waals surface area contributed by atoms with E-state index in [1.54, 1.807) is 6.07 Å². The third kappa shape index (κ3) is 4.59. The van der Waals surface area contributed by atoms with E-state index in [1.165, 1.54) is 25.3 Å². The standard InChI is InChI=1S/C27H26FN4O4P/c1-5-16-18(28)7-6-14-10-15(33)11-17(19(14)16)21-23(37)22-20(25(30-21)36-13(2)3)24(32-26(31-22)35-4)29-12-27(34)8-9-27/h1,6-7,10-11,13,33-34H,8-9,12,37H2,2-4H3,(H,29,31,32). The van der Waals surface area contributed by atoms with Gasteiger partial charge in [0.05, 0.1) is 35.6 Å². The maximum Gasteiger partial charge on any atom is 0.318 e. The van der Waals surface area contributed by atoms with Crippen LogP contribution < -0.4 is 20.1 Å². The first-order chi connectivity index (χ1) is 17.6. The Morgan fingerprint density at radius 3 is 2.62 bits per heavy atom. The Morgan fingerprint density at radius 2 is 1.97 bits per heavy atom. The van der Waals surface area contributed by atoms with Crippen LogP contribution in [0.2, 0.25) is 0 Å². The Hall–Kier alpha value is -3.73. The van der Waals surface area contributed by atoms with Crippen LogP contribution in [0.3, 0.4) is 0 Å². The van der Waals surface area contributed by atoms with Crippen LogP contribution in [-0.2, 0) is 0 Å². The highest BCUT2D eigenvalue weighted by molar-refractivity contribution is 7.28. The monoisotopic (exact) mass is 520 g/mol. The third-order valence-corrected chi connectivity index (χ3v) is 6.77. The number of nitrogens with zero attached hydrogens (tertiary/aromatic N) is 3. The number of hydrogen-bond donors (Lipinski definition) is 3. The summed E-state index contributed by atoms with van der Waals surface area (Å²) in [5.41, 5.74) is 0.533. The zero-order valence-electron chi connectivity index (χ0n) is 20.6. The number of hydrogen-bond acceptors (Lipinski definition) is 8. The van der Waals surface area contributed by atoms with E-state index >= 15 is 0 Å². The number of halogens is 1. The van der Waals surface area contributed by atoms with Crippen molar-refractivity contribution >= 4 is 42.0 Å². The van der Waals surface area contributed by atoms with E-state index in [9.17, 15) is 14.6 Å². The van der Waals surface area contributed by atoms with Crippen molar-refractivity contribution in [3.05, 3.63) is 35.6 Å². The van der Waals surface area contributed by atoms with Gasteiger partial charge < -0.3 is 25.0 Å². The number of nitrogens with one attached hydrogen (secondary N) is 1. The number of phenolic OH excluding ortho intramolecular Hbond substituents is 1. The van der Waals surface area contributed by atoms with Crippen LogP contribution in [0.4, 0.5) is 10.2 Å². The molecule has 3 N–H and O–H groups in total. The first-order valence-electron chi connectivity index (χ1n) is 11.7. The maximum absolute atomic E-state index is 14.7. The second-order valence-corrected chi connectivity index (χ2v) is 9.94. The van der Waals surface area contributed by atoms with Gasteiger partial charge in [-0.2, -0.15) is 9.97 Å². The number of rotatable bonds is 7. The van der Waals surface area contributed by atoms with Crippen molar-refractivity contribution in [1.82, 2.24) is 15.0 Å². The van der Waals surface area contributed by atoms with Crippen LogP contribution in [0.15, 0.2) is 24.3 Å². The molecule has 1 saturated carbocycles. The second kappa shape index (κ2) is 9.29. The van der Waals surface area contributed by atoms with Crippen LogP contribution in [0.25, 0.3) is 32.9 Å². The molecule has 37 heavy (non-hydrogen) atoms. The highest BCUT2D eigenvalue weighted by Gasteiger charge is 2.40. The number of ether oxygens (including phenoxy) is 2. The SMILES string of the molecule is C#Cc1c(F)ccc2cc(O)cc(-c3nc(OC(C)C)c4c(NCC5(O)CC5)nc(OC)nc4c3P)c12. The molecule has 8 nitrogen and oxygen atoms in total. The number of aromatic nitrogens is 3. The predicted molar refractivity (Wildman–Crippen MR) is 144 cm³/mol. The minimum absolute atomic E-state index is 0.0324. The first-order valence-corrected chi connectivity index (χ1v) is 12.3. The van der Waals surface area contributed by atoms with E-state index in [1.807, 2.05) is 13.8 Å². The van der Waals surface area contributed by atoms with Crippen LogP contribution in [-0.4, -0.2) is 50.5 Å². The summed E-state index contributed by atoms with van der Waals surface area (Å²) in [7, 11) is 4.08. The molecule has 2 heterocycles. The number of aromatic hydroxyl groups is 1. The number of anilines is 1. The van der Waals surface area contributed by atoms with E-state index in [0.29, 0.717) is 63.4 Å². The molecular weight excluding hydrogens is 494 g/mol. The Kier molecular flexibility index (Phi) is 6.26. The lowest BCUT2D eigenvalue weighted by Gasteiger charge is -2.20. The summed E-state index contributed by atoms with van der Waals surface area (Å²) in [6.45, 7) is 4.02. The van der Waals surface area contributed by atoms with Gasteiger partial charge in [0.25, 0.3) is 0 Å². The number of aliphatic hydroxyl groups is 1. The molecule has 2 aromatic carbocycles. The lowest BCUT2D eigenvalue weighted by molar-refractivity contribution is 0.164. The quantitative estimate of drug-likeness (QED) is 0.249. The molecule has 0 aliphatic heterocycles. The Bertz CT molecular complexity index is 1600. The zero-order valence-corrected chi connectivity index (χ0v) is 21.7. The fourth-order valence-corrected chi connectivity index (χ4v) is 4.65. The lowest BCUT2D eigenvalue weighted by Crippen LogP contribution is -2.22. The first kappa shape index (κ1) is 24.9. The molecule has 1 aliphatic carbocycles. The lowest BCUT2D eigenvalue weighted by atomic mass is 9.96. The van der Waals surface area contributed by atoms with Gasteiger partial charge in [0.2, 0.25) is 5.88 Å². The van der Waals surface area contributed by atoms with Gasteiger partial charge in [-0.05, 0) is 50.3 Å². The molecule has 10 heteroatoms. The number of phenols is 1. The molecule has 0 saturated heterocycles. The van der Waals surface area contributed by atoms with Gasteiger partial charge in [0.1, 0.15) is 22.8 Å². The van der Waals surface area contributed by atoms with E-state index in [2.05, 4.69) is 30.4 Å². The van der Waals surface area contributed by atoms with Crippen molar-refractivity contribution in [3.63, 3.8) is 0 Å². The summed E-state index contributed by atoms with van der Waals surface area (Å²) in [6, 6.07) is 5.94. The summed E-state index contributed by atoms with van der Waals surface area (Å²) >= 11 is 0. The molecule has 4 aromatic rings. The van der Waals surface area contributed by atoms with Crippen molar-refractivity contribution in [2.75, 3.05) is 19.0 Å². The average molecular weight is 521 g/mol. The fourth-order valence-electron chi connectivity index (χ4n) is 4.22. The molecule has 1 unspecified atom stereocenters. The molecule has 0 amide bonds. The van der Waals surface area contributed by atoms with Gasteiger partial charge in [-0.1, -0.05) is 12.0 Å². The summed E-state index contributed by atoms with van der Waals surface area (Å²) in [5.74, 6) is 2.48. The number of pyridine rings is 1. The summed E-state index contributed by atoms with van der Waals surface area (Å²) in [6.07, 6.45) is 6.84. The number of fused-ring (bicyclic) bond motifs is 2. The molecule has 1 aliphatic rings. The molecule has 0 spiro atoms. The minimum Gasteiger partial charge on any atom is -0.508 e. The minimum atomic E-state index is -0.781. The van der Waals surface area contributed by atoms with Gasteiger partial charge in [-0.3, -0.25) is 0 Å². The fraction of sp³-hybridized carbons (Fsp3) is 0.296. The normalized spacial score (nSPS) is 14.1. The van der Waals surface area contributed by atoms with E-state index in [0.717, 1.165) is 0 Å². The average Bonchev–Trinajstić information content (AvgIpc) is 3.60. The molecule has 0 radical (unpaired) electrons. The molecule has 2 aromatic heterocycles. The van der Waals surface area contributed by atoms with E-state index in [-0.39, 0.29) is 29.3 Å². The number of methoxy groups -OCH3 is 1. The largest absolute Gasteiger partial charge is 0.508 e. The van der Waals surface area contributed by atoms with Crippen LogP contribution >= 0.6 is 9.24 Å². The Morgan fingerprint density at radius 1 is 1.22 bits per heavy atom. The summed E-state index contributed by atoms with van der Waals surface area (Å²) in [4.78, 5) is 13.9. The van der Waals surface area contributed by atoms with Gasteiger partial charge in [0.15, 0.2) is 0 Å². The van der Waals surface area contributed by atoms with Crippen molar-refractivity contribution in [3.8, 4) is 41.2 Å².